The number of thiophene rings is 1. The summed E-state index contributed by atoms with van der Waals surface area (Å²) < 4.78 is 6.97. The third-order valence-electron chi connectivity index (χ3n) is 3.27. The van der Waals surface area contributed by atoms with E-state index in [-0.39, 0.29) is 12.1 Å². The van der Waals surface area contributed by atoms with Gasteiger partial charge in [-0.05, 0) is 43.5 Å². The molecule has 0 radical (unpaired) electrons. The minimum absolute atomic E-state index is 0.133. The Morgan fingerprint density at radius 2 is 2.00 bits per heavy atom. The Morgan fingerprint density at radius 1 is 1.21 bits per heavy atom. The number of hydrogen-bond donors (Lipinski definition) is 0. The van der Waals surface area contributed by atoms with Gasteiger partial charge in [0.2, 0.25) is 0 Å². The van der Waals surface area contributed by atoms with Crippen molar-refractivity contribution in [3.8, 4) is 16.3 Å². The van der Waals surface area contributed by atoms with Gasteiger partial charge in [0.15, 0.2) is 0 Å². The zero-order valence-corrected chi connectivity index (χ0v) is 14.4. The lowest BCUT2D eigenvalue weighted by Crippen LogP contribution is -2.08. The van der Waals surface area contributed by atoms with Crippen LogP contribution in [-0.4, -0.2) is 21.9 Å². The Bertz CT molecular complexity index is 834. The predicted molar refractivity (Wildman–Crippen MR) is 97.1 cm³/mol. The molecular formula is C19H18N2O2S. The minimum Gasteiger partial charge on any atom is -0.460 e. The van der Waals surface area contributed by atoms with Crippen molar-refractivity contribution in [2.75, 3.05) is 0 Å². The first-order valence-electron chi connectivity index (χ1n) is 7.71. The van der Waals surface area contributed by atoms with Crippen molar-refractivity contribution in [1.29, 1.82) is 0 Å². The van der Waals surface area contributed by atoms with Crippen molar-refractivity contribution in [2.45, 2.75) is 20.0 Å². The van der Waals surface area contributed by atoms with Crippen LogP contribution in [0.15, 0.2) is 60.1 Å². The molecule has 1 aromatic carbocycles. The van der Waals surface area contributed by atoms with E-state index in [1.165, 1.54) is 6.08 Å². The van der Waals surface area contributed by atoms with Crippen molar-refractivity contribution in [3.63, 3.8) is 0 Å². The van der Waals surface area contributed by atoms with Crippen molar-refractivity contribution < 1.29 is 9.53 Å². The van der Waals surface area contributed by atoms with E-state index in [0.717, 1.165) is 21.8 Å². The van der Waals surface area contributed by atoms with Gasteiger partial charge in [-0.15, -0.1) is 11.3 Å². The highest BCUT2D eigenvalue weighted by molar-refractivity contribution is 7.13. The second-order valence-electron chi connectivity index (χ2n) is 5.51. The van der Waals surface area contributed by atoms with Crippen molar-refractivity contribution in [3.05, 3.63) is 65.7 Å². The average Bonchev–Trinajstić information content (AvgIpc) is 3.22. The molecule has 0 unspecified atom stereocenters. The summed E-state index contributed by atoms with van der Waals surface area (Å²) in [5.41, 5.74) is 2.70. The summed E-state index contributed by atoms with van der Waals surface area (Å²) in [6, 6.07) is 13.9. The second kappa shape index (κ2) is 7.27. The van der Waals surface area contributed by atoms with Crippen LogP contribution in [0.4, 0.5) is 0 Å². The van der Waals surface area contributed by atoms with E-state index in [2.05, 4.69) is 5.10 Å². The monoisotopic (exact) mass is 338 g/mol. The molecule has 2 heterocycles. The third kappa shape index (κ3) is 3.81. The van der Waals surface area contributed by atoms with Gasteiger partial charge in [0, 0.05) is 17.8 Å². The minimum atomic E-state index is -0.352. The summed E-state index contributed by atoms with van der Waals surface area (Å²) >= 11 is 1.62. The Balaban J connectivity index is 1.96. The first-order chi connectivity index (χ1) is 11.6. The summed E-state index contributed by atoms with van der Waals surface area (Å²) in [6.45, 7) is 3.66. The number of carbonyl (C=O) groups is 1. The first-order valence-corrected chi connectivity index (χ1v) is 8.59. The Hall–Kier alpha value is -2.66. The molecule has 3 aromatic rings. The van der Waals surface area contributed by atoms with Gasteiger partial charge < -0.3 is 4.74 Å². The number of ether oxygens (including phenoxy) is 1. The van der Waals surface area contributed by atoms with Gasteiger partial charge in [0.05, 0.1) is 16.7 Å². The third-order valence-corrected chi connectivity index (χ3v) is 4.15. The highest BCUT2D eigenvalue weighted by Gasteiger charge is 2.12. The second-order valence-corrected chi connectivity index (χ2v) is 6.46. The lowest BCUT2D eigenvalue weighted by molar-refractivity contribution is -0.141. The topological polar surface area (TPSA) is 44.1 Å². The normalized spacial score (nSPS) is 11.3. The summed E-state index contributed by atoms with van der Waals surface area (Å²) in [6.07, 6.45) is 4.99. The predicted octanol–water partition coefficient (Wildman–Crippen LogP) is 4.57. The van der Waals surface area contributed by atoms with E-state index in [4.69, 9.17) is 4.74 Å². The molecule has 0 amide bonds. The molecule has 4 nitrogen and oxygen atoms in total. The molecular weight excluding hydrogens is 320 g/mol. The maximum atomic E-state index is 11.8. The number of rotatable bonds is 5. The number of hydrogen-bond acceptors (Lipinski definition) is 4. The van der Waals surface area contributed by atoms with Crippen LogP contribution in [0.5, 0.6) is 0 Å². The molecule has 0 aliphatic rings. The van der Waals surface area contributed by atoms with Crippen LogP contribution in [0.2, 0.25) is 0 Å². The van der Waals surface area contributed by atoms with Gasteiger partial charge in [0.25, 0.3) is 0 Å². The number of aromatic nitrogens is 2. The molecule has 0 N–H and O–H groups in total. The van der Waals surface area contributed by atoms with Crippen molar-refractivity contribution >= 4 is 23.4 Å². The fourth-order valence-corrected chi connectivity index (χ4v) is 2.99. The Morgan fingerprint density at radius 3 is 2.67 bits per heavy atom. The molecule has 0 aliphatic heterocycles. The first kappa shape index (κ1) is 16.2. The maximum Gasteiger partial charge on any atom is 0.331 e. The summed E-state index contributed by atoms with van der Waals surface area (Å²) in [5.74, 6) is -0.352. The summed E-state index contributed by atoms with van der Waals surface area (Å²) in [5, 5.41) is 6.70. The van der Waals surface area contributed by atoms with Crippen LogP contribution < -0.4 is 0 Å². The summed E-state index contributed by atoms with van der Waals surface area (Å²) in [4.78, 5) is 12.8. The van der Waals surface area contributed by atoms with E-state index < -0.39 is 0 Å². The quantitative estimate of drug-likeness (QED) is 0.506. The van der Waals surface area contributed by atoms with Gasteiger partial charge in [0.1, 0.15) is 5.69 Å². The largest absolute Gasteiger partial charge is 0.460 e. The van der Waals surface area contributed by atoms with E-state index in [1.54, 1.807) is 17.4 Å². The smallest absolute Gasteiger partial charge is 0.331 e. The number of nitrogens with zero attached hydrogens (tertiary/aromatic N) is 2. The van der Waals surface area contributed by atoms with Crippen LogP contribution in [-0.2, 0) is 9.53 Å². The number of para-hydroxylation sites is 1. The number of esters is 1. The van der Waals surface area contributed by atoms with Crippen LogP contribution in [0.1, 0.15) is 19.4 Å². The molecule has 0 saturated carbocycles. The van der Waals surface area contributed by atoms with E-state index in [1.807, 2.05) is 72.6 Å². The van der Waals surface area contributed by atoms with Crippen molar-refractivity contribution in [2.24, 2.45) is 0 Å². The molecule has 0 spiro atoms. The van der Waals surface area contributed by atoms with E-state index >= 15 is 0 Å². The molecule has 2 aromatic heterocycles. The summed E-state index contributed by atoms with van der Waals surface area (Å²) in [7, 11) is 0. The number of benzene rings is 1. The van der Waals surface area contributed by atoms with Crippen LogP contribution >= 0.6 is 11.3 Å². The van der Waals surface area contributed by atoms with Gasteiger partial charge in [-0.25, -0.2) is 9.48 Å². The highest BCUT2D eigenvalue weighted by atomic mass is 32.1. The molecule has 0 atom stereocenters. The molecule has 24 heavy (non-hydrogen) atoms. The van der Waals surface area contributed by atoms with E-state index in [0.29, 0.717) is 0 Å². The number of carbonyl (C=O) groups excluding carboxylic acids is 1. The van der Waals surface area contributed by atoms with Gasteiger partial charge in [-0.1, -0.05) is 24.3 Å². The van der Waals surface area contributed by atoms with Crippen LogP contribution in [0.25, 0.3) is 22.3 Å². The van der Waals surface area contributed by atoms with Crippen LogP contribution in [0, 0.1) is 0 Å². The molecule has 0 bridgehead atoms. The molecule has 0 fully saturated rings. The highest BCUT2D eigenvalue weighted by Crippen LogP contribution is 2.28. The van der Waals surface area contributed by atoms with E-state index in [9.17, 15) is 4.79 Å². The molecule has 5 heteroatoms. The Kier molecular flexibility index (Phi) is 4.91. The zero-order valence-electron chi connectivity index (χ0n) is 13.5. The van der Waals surface area contributed by atoms with Gasteiger partial charge in [-0.3, -0.25) is 0 Å². The standard InChI is InChI=1S/C19H18N2O2S/c1-14(2)23-18(22)11-10-15-13-21(16-7-4-3-5-8-16)20-19(15)17-9-6-12-24-17/h3-14H,1-2H3/b11-10+. The molecule has 122 valence electrons. The SMILES string of the molecule is CC(C)OC(=O)/C=C/c1cn(-c2ccccc2)nc1-c1cccs1. The maximum absolute atomic E-state index is 11.8. The molecule has 3 rings (SSSR count). The van der Waals surface area contributed by atoms with Gasteiger partial charge >= 0.3 is 5.97 Å². The zero-order chi connectivity index (χ0) is 16.9. The fraction of sp³-hybridized carbons (Fsp3) is 0.158. The lowest BCUT2D eigenvalue weighted by atomic mass is 10.2. The van der Waals surface area contributed by atoms with Gasteiger partial charge in [-0.2, -0.15) is 5.10 Å². The fourth-order valence-electron chi connectivity index (χ4n) is 2.26. The van der Waals surface area contributed by atoms with Crippen LogP contribution in [0.3, 0.4) is 0 Å². The lowest BCUT2D eigenvalue weighted by Gasteiger charge is -2.03. The van der Waals surface area contributed by atoms with Crippen molar-refractivity contribution in [1.82, 2.24) is 9.78 Å². The average molecular weight is 338 g/mol. The Labute approximate surface area is 145 Å². The molecule has 0 aliphatic carbocycles. The molecule has 0 saturated heterocycles.